The van der Waals surface area contributed by atoms with Crippen molar-refractivity contribution in [2.75, 3.05) is 6.54 Å². The zero-order valence-electron chi connectivity index (χ0n) is 9.76. The van der Waals surface area contributed by atoms with E-state index in [9.17, 15) is 13.5 Å². The molecule has 0 aliphatic heterocycles. The molecule has 1 aromatic rings. The Balaban J connectivity index is 2.05. The highest BCUT2D eigenvalue weighted by molar-refractivity contribution is 7.89. The summed E-state index contributed by atoms with van der Waals surface area (Å²) in [4.78, 5) is -0.0528. The number of para-hydroxylation sites is 1. The van der Waals surface area contributed by atoms with Crippen molar-refractivity contribution < 1.29 is 13.5 Å². The van der Waals surface area contributed by atoms with Crippen molar-refractivity contribution in [3.8, 4) is 5.75 Å². The maximum absolute atomic E-state index is 11.9. The van der Waals surface area contributed by atoms with E-state index in [4.69, 9.17) is 0 Å². The minimum absolute atomic E-state index is 0.0528. The number of hydrogen-bond acceptors (Lipinski definition) is 3. The first kappa shape index (κ1) is 12.4. The number of benzene rings is 1. The molecular weight excluding hydrogens is 238 g/mol. The molecule has 1 atom stereocenters. The molecule has 0 amide bonds. The third-order valence-corrected chi connectivity index (χ3v) is 4.65. The molecule has 0 saturated heterocycles. The summed E-state index contributed by atoms with van der Waals surface area (Å²) < 4.78 is 26.4. The largest absolute Gasteiger partial charge is 0.507 e. The van der Waals surface area contributed by atoms with Gasteiger partial charge in [0.1, 0.15) is 10.6 Å². The van der Waals surface area contributed by atoms with Gasteiger partial charge in [-0.25, -0.2) is 13.1 Å². The fourth-order valence-corrected chi connectivity index (χ4v) is 3.07. The molecule has 0 heterocycles. The average molecular weight is 255 g/mol. The highest BCUT2D eigenvalue weighted by Gasteiger charge is 2.29. The van der Waals surface area contributed by atoms with Crippen LogP contribution in [-0.4, -0.2) is 20.1 Å². The quantitative estimate of drug-likeness (QED) is 0.842. The normalized spacial score (nSPS) is 17.9. The molecule has 17 heavy (non-hydrogen) atoms. The smallest absolute Gasteiger partial charge is 0.244 e. The number of phenols is 1. The molecule has 1 fully saturated rings. The lowest BCUT2D eigenvalue weighted by Gasteiger charge is -2.12. The van der Waals surface area contributed by atoms with Crippen molar-refractivity contribution in [3.05, 3.63) is 24.3 Å². The molecule has 1 aromatic carbocycles. The maximum Gasteiger partial charge on any atom is 0.244 e. The molecule has 1 aliphatic rings. The third kappa shape index (κ3) is 2.98. The predicted molar refractivity (Wildman–Crippen MR) is 65.2 cm³/mol. The van der Waals surface area contributed by atoms with Gasteiger partial charge in [-0.3, -0.25) is 0 Å². The van der Waals surface area contributed by atoms with E-state index in [0.29, 0.717) is 18.4 Å². The van der Waals surface area contributed by atoms with E-state index in [2.05, 4.69) is 4.72 Å². The van der Waals surface area contributed by atoms with E-state index >= 15 is 0 Å². The van der Waals surface area contributed by atoms with E-state index in [1.54, 1.807) is 12.1 Å². The molecule has 94 valence electrons. The summed E-state index contributed by atoms with van der Waals surface area (Å²) in [5, 5.41) is 9.51. The Morgan fingerprint density at radius 3 is 2.65 bits per heavy atom. The Morgan fingerprint density at radius 2 is 2.06 bits per heavy atom. The standard InChI is InChI=1S/C12H17NO3S/c1-9(10-6-7-10)8-13-17(15,16)12-5-3-2-4-11(12)14/h2-5,9-10,13-14H,6-8H2,1H3. The lowest BCUT2D eigenvalue weighted by atomic mass is 10.1. The molecule has 2 N–H and O–H groups in total. The molecule has 2 rings (SSSR count). The fourth-order valence-electron chi connectivity index (χ4n) is 1.84. The zero-order valence-corrected chi connectivity index (χ0v) is 10.6. The van der Waals surface area contributed by atoms with Gasteiger partial charge in [0.05, 0.1) is 0 Å². The van der Waals surface area contributed by atoms with Gasteiger partial charge < -0.3 is 5.11 Å². The molecule has 0 bridgehead atoms. The number of hydrogen-bond donors (Lipinski definition) is 2. The van der Waals surface area contributed by atoms with Crippen LogP contribution in [0, 0.1) is 11.8 Å². The van der Waals surface area contributed by atoms with Crippen LogP contribution in [0.4, 0.5) is 0 Å². The van der Waals surface area contributed by atoms with Crippen LogP contribution in [0.15, 0.2) is 29.2 Å². The van der Waals surface area contributed by atoms with Crippen LogP contribution in [0.3, 0.4) is 0 Å². The summed E-state index contributed by atoms with van der Waals surface area (Å²) in [6, 6.07) is 5.97. The van der Waals surface area contributed by atoms with Crippen molar-refractivity contribution in [1.82, 2.24) is 4.72 Å². The number of phenolic OH excluding ortho intramolecular Hbond substituents is 1. The molecule has 0 radical (unpaired) electrons. The van der Waals surface area contributed by atoms with Crippen LogP contribution in [0.1, 0.15) is 19.8 Å². The van der Waals surface area contributed by atoms with Gasteiger partial charge in [-0.05, 0) is 36.8 Å². The van der Waals surface area contributed by atoms with Crippen LogP contribution in [0.2, 0.25) is 0 Å². The number of nitrogens with one attached hydrogen (secondary N) is 1. The van der Waals surface area contributed by atoms with Crippen LogP contribution in [0.25, 0.3) is 0 Å². The molecular formula is C12H17NO3S. The summed E-state index contributed by atoms with van der Waals surface area (Å²) in [5.41, 5.74) is 0. The zero-order chi connectivity index (χ0) is 12.5. The minimum atomic E-state index is -3.59. The maximum atomic E-state index is 11.9. The Kier molecular flexibility index (Phi) is 3.40. The van der Waals surface area contributed by atoms with Crippen LogP contribution in [0.5, 0.6) is 5.75 Å². The van der Waals surface area contributed by atoms with Crippen molar-refractivity contribution in [1.29, 1.82) is 0 Å². The van der Waals surface area contributed by atoms with Crippen molar-refractivity contribution >= 4 is 10.0 Å². The Labute approximate surface area is 102 Å². The second-order valence-corrected chi connectivity index (χ2v) is 6.37. The average Bonchev–Trinajstić information content (AvgIpc) is 3.10. The third-order valence-electron chi connectivity index (χ3n) is 3.18. The van der Waals surface area contributed by atoms with Gasteiger partial charge in [-0.15, -0.1) is 0 Å². The van der Waals surface area contributed by atoms with Crippen LogP contribution < -0.4 is 4.72 Å². The van der Waals surface area contributed by atoms with Crippen molar-refractivity contribution in [2.45, 2.75) is 24.7 Å². The topological polar surface area (TPSA) is 66.4 Å². The number of sulfonamides is 1. The van der Waals surface area contributed by atoms with Gasteiger partial charge >= 0.3 is 0 Å². The molecule has 0 spiro atoms. The highest BCUT2D eigenvalue weighted by Crippen LogP contribution is 2.36. The summed E-state index contributed by atoms with van der Waals surface area (Å²) in [5.74, 6) is 0.803. The van der Waals surface area contributed by atoms with E-state index in [1.807, 2.05) is 6.92 Å². The summed E-state index contributed by atoms with van der Waals surface area (Å²) in [6.07, 6.45) is 2.39. The summed E-state index contributed by atoms with van der Waals surface area (Å²) in [6.45, 7) is 2.48. The summed E-state index contributed by atoms with van der Waals surface area (Å²) in [7, 11) is -3.59. The van der Waals surface area contributed by atoms with E-state index in [1.165, 1.54) is 25.0 Å². The van der Waals surface area contributed by atoms with E-state index in [-0.39, 0.29) is 10.6 Å². The first-order valence-corrected chi connectivity index (χ1v) is 7.26. The van der Waals surface area contributed by atoms with E-state index < -0.39 is 10.0 Å². The molecule has 1 saturated carbocycles. The Bertz CT molecular complexity index is 494. The minimum Gasteiger partial charge on any atom is -0.507 e. The Hall–Kier alpha value is -1.07. The van der Waals surface area contributed by atoms with Gasteiger partial charge in [-0.1, -0.05) is 19.1 Å². The second-order valence-electron chi connectivity index (χ2n) is 4.63. The fraction of sp³-hybridized carbons (Fsp3) is 0.500. The lowest BCUT2D eigenvalue weighted by molar-refractivity contribution is 0.455. The monoisotopic (exact) mass is 255 g/mol. The lowest BCUT2D eigenvalue weighted by Crippen LogP contribution is -2.29. The van der Waals surface area contributed by atoms with Gasteiger partial charge in [-0.2, -0.15) is 0 Å². The van der Waals surface area contributed by atoms with Gasteiger partial charge in [0.2, 0.25) is 10.0 Å². The molecule has 1 unspecified atom stereocenters. The number of aromatic hydroxyl groups is 1. The van der Waals surface area contributed by atoms with Crippen LogP contribution in [-0.2, 0) is 10.0 Å². The van der Waals surface area contributed by atoms with Gasteiger partial charge in [0, 0.05) is 6.54 Å². The van der Waals surface area contributed by atoms with Crippen molar-refractivity contribution in [3.63, 3.8) is 0 Å². The second kappa shape index (κ2) is 4.66. The predicted octanol–water partition coefficient (Wildman–Crippen LogP) is 1.72. The molecule has 1 aliphatic carbocycles. The van der Waals surface area contributed by atoms with Gasteiger partial charge in [0.15, 0.2) is 0 Å². The highest BCUT2D eigenvalue weighted by atomic mass is 32.2. The van der Waals surface area contributed by atoms with Gasteiger partial charge in [0.25, 0.3) is 0 Å². The Morgan fingerprint density at radius 1 is 1.41 bits per heavy atom. The first-order chi connectivity index (χ1) is 8.00. The molecule has 5 heteroatoms. The first-order valence-electron chi connectivity index (χ1n) is 5.78. The van der Waals surface area contributed by atoms with E-state index in [0.717, 1.165) is 0 Å². The van der Waals surface area contributed by atoms with Crippen molar-refractivity contribution in [2.24, 2.45) is 11.8 Å². The number of rotatable bonds is 5. The SMILES string of the molecule is CC(CNS(=O)(=O)c1ccccc1O)C1CC1. The summed E-state index contributed by atoms with van der Waals surface area (Å²) >= 11 is 0. The molecule has 0 aromatic heterocycles. The molecule has 4 nitrogen and oxygen atoms in total. The van der Waals surface area contributed by atoms with Crippen LogP contribution >= 0.6 is 0 Å².